The molecule has 0 aliphatic carbocycles. The van der Waals surface area contributed by atoms with Crippen LogP contribution in [0.25, 0.3) is 5.52 Å². The predicted molar refractivity (Wildman–Crippen MR) is 44.5 cm³/mol. The van der Waals surface area contributed by atoms with Crippen molar-refractivity contribution in [3.63, 3.8) is 0 Å². The topological polar surface area (TPSA) is 39.4 Å². The van der Waals surface area contributed by atoms with E-state index < -0.39 is 0 Å². The average molecular weight is 184 g/mol. The van der Waals surface area contributed by atoms with Gasteiger partial charge in [0, 0.05) is 6.20 Å². The second-order valence-electron chi connectivity index (χ2n) is 2.23. The smallest absolute Gasteiger partial charge is 0.335 e. The van der Waals surface area contributed by atoms with Crippen LogP contribution >= 0.6 is 11.6 Å². The molecule has 0 aliphatic heterocycles. The maximum absolute atomic E-state index is 5.83. The lowest BCUT2D eigenvalue weighted by atomic mass is 10.5. The Morgan fingerprint density at radius 3 is 3.17 bits per heavy atom. The van der Waals surface area contributed by atoms with Crippen molar-refractivity contribution in [2.75, 3.05) is 7.11 Å². The molecule has 0 unspecified atom stereocenters. The summed E-state index contributed by atoms with van der Waals surface area (Å²) < 4.78 is 6.46. The highest BCUT2D eigenvalue weighted by molar-refractivity contribution is 6.32. The highest BCUT2D eigenvalue weighted by Crippen LogP contribution is 2.16. The van der Waals surface area contributed by atoms with Gasteiger partial charge in [-0.1, -0.05) is 11.6 Å². The molecule has 0 amide bonds. The van der Waals surface area contributed by atoms with Crippen molar-refractivity contribution < 1.29 is 4.74 Å². The molecule has 0 radical (unpaired) electrons. The van der Waals surface area contributed by atoms with Gasteiger partial charge in [-0.3, -0.25) is 0 Å². The average Bonchev–Trinajstić information content (AvgIpc) is 2.52. The number of rotatable bonds is 1. The van der Waals surface area contributed by atoms with Crippen LogP contribution in [0.3, 0.4) is 0 Å². The van der Waals surface area contributed by atoms with E-state index in [0.717, 1.165) is 5.52 Å². The number of halogens is 1. The van der Waals surface area contributed by atoms with Crippen LogP contribution in [0, 0.1) is 0 Å². The SMILES string of the molecule is COc1nc(Cl)c2cccn2n1. The van der Waals surface area contributed by atoms with Crippen LogP contribution in [0.2, 0.25) is 5.15 Å². The van der Waals surface area contributed by atoms with Gasteiger partial charge in [0.25, 0.3) is 0 Å². The fraction of sp³-hybridized carbons (Fsp3) is 0.143. The lowest BCUT2D eigenvalue weighted by Crippen LogP contribution is -1.98. The van der Waals surface area contributed by atoms with Gasteiger partial charge in [0.05, 0.1) is 7.11 Å². The minimum absolute atomic E-state index is 0.267. The molecule has 0 saturated heterocycles. The lowest BCUT2D eigenvalue weighted by Gasteiger charge is -1.99. The summed E-state index contributed by atoms with van der Waals surface area (Å²) in [5.74, 6) is 0. The second-order valence-corrected chi connectivity index (χ2v) is 2.59. The predicted octanol–water partition coefficient (Wildman–Crippen LogP) is 1.39. The zero-order valence-electron chi connectivity index (χ0n) is 6.36. The lowest BCUT2D eigenvalue weighted by molar-refractivity contribution is 0.371. The van der Waals surface area contributed by atoms with E-state index in [1.807, 2.05) is 12.1 Å². The normalized spacial score (nSPS) is 10.5. The molecule has 2 aromatic heterocycles. The Labute approximate surface area is 73.7 Å². The van der Waals surface area contributed by atoms with Crippen LogP contribution in [-0.2, 0) is 0 Å². The van der Waals surface area contributed by atoms with Crippen LogP contribution in [0.4, 0.5) is 0 Å². The quantitative estimate of drug-likeness (QED) is 0.671. The Bertz CT molecular complexity index is 412. The van der Waals surface area contributed by atoms with Crippen LogP contribution in [0.5, 0.6) is 6.01 Å². The van der Waals surface area contributed by atoms with Crippen LogP contribution in [0.15, 0.2) is 18.3 Å². The maximum atomic E-state index is 5.83. The van der Waals surface area contributed by atoms with Gasteiger partial charge >= 0.3 is 6.01 Å². The molecule has 2 rings (SSSR count). The van der Waals surface area contributed by atoms with Gasteiger partial charge in [-0.15, -0.1) is 5.10 Å². The Kier molecular flexibility index (Phi) is 1.62. The van der Waals surface area contributed by atoms with E-state index in [4.69, 9.17) is 16.3 Å². The fourth-order valence-corrected chi connectivity index (χ4v) is 1.19. The van der Waals surface area contributed by atoms with E-state index in [0.29, 0.717) is 5.15 Å². The molecule has 0 N–H and O–H groups in total. The molecular weight excluding hydrogens is 178 g/mol. The molecule has 0 fully saturated rings. The molecule has 62 valence electrons. The van der Waals surface area contributed by atoms with Crippen molar-refractivity contribution in [3.8, 4) is 6.01 Å². The first kappa shape index (κ1) is 7.36. The standard InChI is InChI=1S/C7H6ClN3O/c1-12-7-9-6(8)5-3-2-4-11(5)10-7/h2-4H,1H3. The maximum Gasteiger partial charge on any atom is 0.335 e. The summed E-state index contributed by atoms with van der Waals surface area (Å²) in [6.07, 6.45) is 1.78. The molecule has 2 heterocycles. The molecule has 2 aromatic rings. The minimum Gasteiger partial charge on any atom is -0.466 e. The zero-order chi connectivity index (χ0) is 8.55. The van der Waals surface area contributed by atoms with Crippen molar-refractivity contribution in [1.29, 1.82) is 0 Å². The van der Waals surface area contributed by atoms with Crippen molar-refractivity contribution in [1.82, 2.24) is 14.6 Å². The first-order valence-electron chi connectivity index (χ1n) is 3.36. The monoisotopic (exact) mass is 183 g/mol. The highest BCUT2D eigenvalue weighted by Gasteiger charge is 2.03. The molecule has 0 atom stereocenters. The molecule has 0 spiro atoms. The molecule has 12 heavy (non-hydrogen) atoms. The van der Waals surface area contributed by atoms with Crippen molar-refractivity contribution in [3.05, 3.63) is 23.5 Å². The number of nitrogens with zero attached hydrogens (tertiary/aromatic N) is 3. The zero-order valence-corrected chi connectivity index (χ0v) is 7.12. The molecule has 0 bridgehead atoms. The van der Waals surface area contributed by atoms with Gasteiger partial charge < -0.3 is 4.74 Å². The van der Waals surface area contributed by atoms with E-state index in [9.17, 15) is 0 Å². The summed E-state index contributed by atoms with van der Waals surface area (Å²) in [5.41, 5.74) is 0.775. The number of hydrogen-bond donors (Lipinski definition) is 0. The summed E-state index contributed by atoms with van der Waals surface area (Å²) in [6, 6.07) is 3.94. The number of ether oxygens (including phenoxy) is 1. The van der Waals surface area contributed by atoms with Gasteiger partial charge in [0.15, 0.2) is 5.15 Å². The Hall–Kier alpha value is -1.29. The van der Waals surface area contributed by atoms with Crippen LogP contribution < -0.4 is 4.74 Å². The van der Waals surface area contributed by atoms with Crippen LogP contribution in [-0.4, -0.2) is 21.7 Å². The molecule has 0 aromatic carbocycles. The van der Waals surface area contributed by atoms with Gasteiger partial charge in [-0.25, -0.2) is 4.52 Å². The van der Waals surface area contributed by atoms with Crippen molar-refractivity contribution >= 4 is 17.1 Å². The number of fused-ring (bicyclic) bond motifs is 1. The van der Waals surface area contributed by atoms with Crippen LogP contribution in [0.1, 0.15) is 0 Å². The first-order valence-corrected chi connectivity index (χ1v) is 3.74. The van der Waals surface area contributed by atoms with Crippen molar-refractivity contribution in [2.24, 2.45) is 0 Å². The summed E-state index contributed by atoms with van der Waals surface area (Å²) >= 11 is 5.83. The Morgan fingerprint density at radius 1 is 1.58 bits per heavy atom. The summed E-state index contributed by atoms with van der Waals surface area (Å²) in [7, 11) is 1.50. The summed E-state index contributed by atoms with van der Waals surface area (Å²) in [4.78, 5) is 3.90. The third kappa shape index (κ3) is 1.00. The molecule has 5 heteroatoms. The first-order chi connectivity index (χ1) is 5.81. The van der Waals surface area contributed by atoms with E-state index >= 15 is 0 Å². The number of methoxy groups -OCH3 is 1. The van der Waals surface area contributed by atoms with Gasteiger partial charge in [-0.05, 0) is 12.1 Å². The summed E-state index contributed by atoms with van der Waals surface area (Å²) in [5, 5.41) is 4.41. The largest absolute Gasteiger partial charge is 0.466 e. The van der Waals surface area contributed by atoms with E-state index in [1.54, 1.807) is 10.7 Å². The Morgan fingerprint density at radius 2 is 2.42 bits per heavy atom. The second kappa shape index (κ2) is 2.64. The fourth-order valence-electron chi connectivity index (χ4n) is 0.965. The van der Waals surface area contributed by atoms with Gasteiger partial charge in [0.2, 0.25) is 0 Å². The molecular formula is C7H6ClN3O. The van der Waals surface area contributed by atoms with E-state index in [-0.39, 0.29) is 6.01 Å². The number of aromatic nitrogens is 3. The third-order valence-corrected chi connectivity index (χ3v) is 1.79. The van der Waals surface area contributed by atoms with Gasteiger partial charge in [-0.2, -0.15) is 4.98 Å². The van der Waals surface area contributed by atoms with Gasteiger partial charge in [0.1, 0.15) is 5.52 Å². The molecule has 0 saturated carbocycles. The van der Waals surface area contributed by atoms with Crippen molar-refractivity contribution in [2.45, 2.75) is 0 Å². The number of hydrogen-bond acceptors (Lipinski definition) is 3. The molecule has 0 aliphatic rings. The third-order valence-electron chi connectivity index (χ3n) is 1.51. The minimum atomic E-state index is 0.267. The highest BCUT2D eigenvalue weighted by atomic mass is 35.5. The Balaban J connectivity index is 2.75. The van der Waals surface area contributed by atoms with E-state index in [2.05, 4.69) is 10.1 Å². The van der Waals surface area contributed by atoms with E-state index in [1.165, 1.54) is 7.11 Å². The summed E-state index contributed by atoms with van der Waals surface area (Å²) in [6.45, 7) is 0. The molecule has 4 nitrogen and oxygen atoms in total.